The van der Waals surface area contributed by atoms with Crippen LogP contribution in [0.1, 0.15) is 16.7 Å². The highest BCUT2D eigenvalue weighted by Gasteiger charge is 2.17. The fraction of sp³-hybridized carbons (Fsp3) is 0.200. The maximum Gasteiger partial charge on any atom is 0.253 e. The van der Waals surface area contributed by atoms with Crippen LogP contribution in [0.15, 0.2) is 78.9 Å². The number of carbonyl (C=O) groups excluding carboxylic acids is 2. The molecule has 31 heavy (non-hydrogen) atoms. The number of ether oxygens (including phenoxy) is 1. The number of anilines is 1. The number of hydrogen-bond acceptors (Lipinski definition) is 3. The zero-order chi connectivity index (χ0) is 22.1. The Kier molecular flexibility index (Phi) is 7.90. The van der Waals surface area contributed by atoms with Crippen LogP contribution in [0.5, 0.6) is 0 Å². The first kappa shape index (κ1) is 22.2. The highest BCUT2D eigenvalue weighted by molar-refractivity contribution is 5.94. The van der Waals surface area contributed by atoms with Crippen LogP contribution in [0.2, 0.25) is 0 Å². The highest BCUT2D eigenvalue weighted by Crippen LogP contribution is 2.19. The van der Waals surface area contributed by atoms with Crippen LogP contribution in [0, 0.1) is 5.82 Å². The molecule has 0 bridgehead atoms. The van der Waals surface area contributed by atoms with E-state index in [-0.39, 0.29) is 37.2 Å². The van der Waals surface area contributed by atoms with Gasteiger partial charge >= 0.3 is 0 Å². The van der Waals surface area contributed by atoms with Crippen LogP contribution in [-0.2, 0) is 33.8 Å². The molecule has 2 amide bonds. The molecule has 0 aliphatic rings. The van der Waals surface area contributed by atoms with Gasteiger partial charge in [-0.25, -0.2) is 4.39 Å². The monoisotopic (exact) mass is 420 g/mol. The standard InChI is InChI=1S/C25H25FN2O3/c1-31-18-25(30)28(17-21-8-5-9-22(26)14-21)23-12-10-19(11-13-23)15-24(29)27-16-20-6-3-2-4-7-20/h2-14H,15-18H2,1H3,(H,27,29). The van der Waals surface area contributed by atoms with Gasteiger partial charge in [0.25, 0.3) is 5.91 Å². The van der Waals surface area contributed by atoms with E-state index >= 15 is 0 Å². The van der Waals surface area contributed by atoms with Gasteiger partial charge in [-0.15, -0.1) is 0 Å². The van der Waals surface area contributed by atoms with E-state index in [2.05, 4.69) is 5.32 Å². The molecule has 3 aromatic carbocycles. The second-order valence-corrected chi connectivity index (χ2v) is 7.15. The zero-order valence-electron chi connectivity index (χ0n) is 17.4. The summed E-state index contributed by atoms with van der Waals surface area (Å²) in [7, 11) is 1.45. The first-order valence-corrected chi connectivity index (χ1v) is 9.98. The van der Waals surface area contributed by atoms with E-state index in [4.69, 9.17) is 4.74 Å². The number of amides is 2. The van der Waals surface area contributed by atoms with Crippen LogP contribution in [0.25, 0.3) is 0 Å². The summed E-state index contributed by atoms with van der Waals surface area (Å²) in [6.07, 6.45) is 0.239. The summed E-state index contributed by atoms with van der Waals surface area (Å²) in [4.78, 5) is 26.3. The molecule has 3 aromatic rings. The normalized spacial score (nSPS) is 10.5. The molecule has 0 aliphatic heterocycles. The van der Waals surface area contributed by atoms with Crippen LogP contribution >= 0.6 is 0 Å². The van der Waals surface area contributed by atoms with Crippen LogP contribution in [0.3, 0.4) is 0 Å². The van der Waals surface area contributed by atoms with Gasteiger partial charge < -0.3 is 15.0 Å². The maximum atomic E-state index is 13.5. The smallest absolute Gasteiger partial charge is 0.253 e. The lowest BCUT2D eigenvalue weighted by Gasteiger charge is -2.23. The van der Waals surface area contributed by atoms with E-state index in [1.54, 1.807) is 24.3 Å². The Morgan fingerprint density at radius 1 is 0.903 bits per heavy atom. The molecule has 1 N–H and O–H groups in total. The molecule has 3 rings (SSSR count). The van der Waals surface area contributed by atoms with Crippen molar-refractivity contribution in [2.75, 3.05) is 18.6 Å². The molecule has 0 saturated carbocycles. The maximum absolute atomic E-state index is 13.5. The van der Waals surface area contributed by atoms with Crippen molar-refractivity contribution in [2.24, 2.45) is 0 Å². The molecule has 0 aromatic heterocycles. The molecule has 0 saturated heterocycles. The molecule has 160 valence electrons. The molecule has 0 spiro atoms. The van der Waals surface area contributed by atoms with Gasteiger partial charge in [-0.05, 0) is 41.0 Å². The number of halogens is 1. The van der Waals surface area contributed by atoms with Crippen molar-refractivity contribution in [2.45, 2.75) is 19.5 Å². The second kappa shape index (κ2) is 11.0. The lowest BCUT2D eigenvalue weighted by Crippen LogP contribution is -2.33. The van der Waals surface area contributed by atoms with Crippen molar-refractivity contribution in [1.29, 1.82) is 0 Å². The van der Waals surface area contributed by atoms with Gasteiger partial charge in [-0.3, -0.25) is 9.59 Å². The quantitative estimate of drug-likeness (QED) is 0.572. The van der Waals surface area contributed by atoms with Crippen molar-refractivity contribution in [3.8, 4) is 0 Å². The number of carbonyl (C=O) groups is 2. The summed E-state index contributed by atoms with van der Waals surface area (Å²) < 4.78 is 18.5. The molecule has 0 heterocycles. The number of hydrogen-bond donors (Lipinski definition) is 1. The highest BCUT2D eigenvalue weighted by atomic mass is 19.1. The van der Waals surface area contributed by atoms with Crippen LogP contribution < -0.4 is 10.2 Å². The topological polar surface area (TPSA) is 58.6 Å². The fourth-order valence-corrected chi connectivity index (χ4v) is 3.18. The fourth-order valence-electron chi connectivity index (χ4n) is 3.18. The summed E-state index contributed by atoms with van der Waals surface area (Å²) >= 11 is 0. The Morgan fingerprint density at radius 2 is 1.61 bits per heavy atom. The summed E-state index contributed by atoms with van der Waals surface area (Å²) in [6.45, 7) is 0.612. The van der Waals surface area contributed by atoms with E-state index in [0.717, 1.165) is 11.1 Å². The Morgan fingerprint density at radius 3 is 2.29 bits per heavy atom. The third-order valence-electron chi connectivity index (χ3n) is 4.74. The number of nitrogens with one attached hydrogen (secondary N) is 1. The summed E-state index contributed by atoms with van der Waals surface area (Å²) in [5, 5.41) is 2.90. The first-order chi connectivity index (χ1) is 15.0. The molecule has 0 fully saturated rings. The number of methoxy groups -OCH3 is 1. The van der Waals surface area contributed by atoms with Gasteiger partial charge in [0.15, 0.2) is 0 Å². The summed E-state index contributed by atoms with van der Waals surface area (Å²) in [6, 6.07) is 23.1. The minimum atomic E-state index is -0.353. The van der Waals surface area contributed by atoms with Gasteiger partial charge in [-0.2, -0.15) is 0 Å². The number of benzene rings is 3. The second-order valence-electron chi connectivity index (χ2n) is 7.15. The van der Waals surface area contributed by atoms with E-state index in [1.807, 2.05) is 42.5 Å². The first-order valence-electron chi connectivity index (χ1n) is 9.98. The van der Waals surface area contributed by atoms with E-state index < -0.39 is 0 Å². The van der Waals surface area contributed by atoms with Crippen LogP contribution in [0.4, 0.5) is 10.1 Å². The van der Waals surface area contributed by atoms with Crippen molar-refractivity contribution < 1.29 is 18.7 Å². The molecule has 0 aliphatic carbocycles. The predicted molar refractivity (Wildman–Crippen MR) is 118 cm³/mol. The van der Waals surface area contributed by atoms with E-state index in [9.17, 15) is 14.0 Å². The van der Waals surface area contributed by atoms with Crippen molar-refractivity contribution in [3.05, 3.63) is 101 Å². The largest absolute Gasteiger partial charge is 0.375 e. The third-order valence-corrected chi connectivity index (χ3v) is 4.74. The van der Waals surface area contributed by atoms with Gasteiger partial charge in [-0.1, -0.05) is 54.6 Å². The van der Waals surface area contributed by atoms with Gasteiger partial charge in [0, 0.05) is 19.3 Å². The van der Waals surface area contributed by atoms with Gasteiger partial charge in [0.2, 0.25) is 5.91 Å². The van der Waals surface area contributed by atoms with Gasteiger partial charge in [0.1, 0.15) is 12.4 Å². The van der Waals surface area contributed by atoms with Crippen LogP contribution in [-0.4, -0.2) is 25.5 Å². The average Bonchev–Trinajstić information content (AvgIpc) is 2.78. The van der Waals surface area contributed by atoms with E-state index in [0.29, 0.717) is 17.8 Å². The molecular weight excluding hydrogens is 395 g/mol. The third kappa shape index (κ3) is 6.76. The number of rotatable bonds is 9. The van der Waals surface area contributed by atoms with Crippen molar-refractivity contribution >= 4 is 17.5 Å². The molecule has 5 nitrogen and oxygen atoms in total. The Hall–Kier alpha value is -3.51. The van der Waals surface area contributed by atoms with Crippen molar-refractivity contribution in [1.82, 2.24) is 5.32 Å². The minimum Gasteiger partial charge on any atom is -0.375 e. The summed E-state index contributed by atoms with van der Waals surface area (Å²) in [5.74, 6) is -0.669. The summed E-state index contributed by atoms with van der Waals surface area (Å²) in [5.41, 5.74) is 3.20. The SMILES string of the molecule is COCC(=O)N(Cc1cccc(F)c1)c1ccc(CC(=O)NCc2ccccc2)cc1. The van der Waals surface area contributed by atoms with E-state index in [1.165, 1.54) is 24.1 Å². The predicted octanol–water partition coefficient (Wildman–Crippen LogP) is 3.86. The Balaban J connectivity index is 1.65. The average molecular weight is 420 g/mol. The Labute approximate surface area is 181 Å². The lowest BCUT2D eigenvalue weighted by atomic mass is 10.1. The molecule has 6 heteroatoms. The number of nitrogens with zero attached hydrogens (tertiary/aromatic N) is 1. The molecule has 0 atom stereocenters. The molecule has 0 radical (unpaired) electrons. The van der Waals surface area contributed by atoms with Gasteiger partial charge in [0.05, 0.1) is 13.0 Å². The lowest BCUT2D eigenvalue weighted by molar-refractivity contribution is -0.122. The Bertz CT molecular complexity index is 1010. The zero-order valence-corrected chi connectivity index (χ0v) is 17.4. The molecular formula is C25H25FN2O3. The molecule has 0 unspecified atom stereocenters. The minimum absolute atomic E-state index is 0.0799. The van der Waals surface area contributed by atoms with Crippen molar-refractivity contribution in [3.63, 3.8) is 0 Å².